The average molecular weight is 318 g/mol. The Kier molecular flexibility index (Phi) is 16.0. The first kappa shape index (κ1) is 20.8. The predicted octanol–water partition coefficient (Wildman–Crippen LogP) is 4.53. The molecule has 0 aliphatic rings. The van der Waals surface area contributed by atoms with E-state index in [1.165, 1.54) is 58.5 Å². The van der Waals surface area contributed by atoms with Gasteiger partial charge in [-0.25, -0.2) is 0 Å². The van der Waals surface area contributed by atoms with E-state index in [0.29, 0.717) is 6.54 Å². The molecule has 0 fully saturated rings. The lowest BCUT2D eigenvalue weighted by Gasteiger charge is -2.13. The molecule has 0 aromatic rings. The van der Waals surface area contributed by atoms with Crippen LogP contribution in [0.3, 0.4) is 0 Å². The van der Waals surface area contributed by atoms with Crippen molar-refractivity contribution in [3.63, 3.8) is 0 Å². The van der Waals surface area contributed by atoms with Crippen LogP contribution >= 0.6 is 11.8 Å². The van der Waals surface area contributed by atoms with Crippen molar-refractivity contribution < 1.29 is 9.53 Å². The molecule has 0 aliphatic carbocycles. The van der Waals surface area contributed by atoms with Crippen molar-refractivity contribution in [1.29, 1.82) is 0 Å². The van der Waals surface area contributed by atoms with Crippen LogP contribution in [0.15, 0.2) is 0 Å². The topological polar surface area (TPSA) is 52.3 Å². The van der Waals surface area contributed by atoms with Crippen LogP contribution in [0, 0.1) is 0 Å². The Bertz CT molecular complexity index is 237. The molecule has 0 aromatic carbocycles. The zero-order valence-electron chi connectivity index (χ0n) is 14.1. The first-order chi connectivity index (χ1) is 10.3. The molecule has 0 aliphatic heterocycles. The number of thioether (sulfide) groups is 1. The molecule has 1 atom stereocenters. The third-order valence-corrected chi connectivity index (χ3v) is 5.06. The summed E-state index contributed by atoms with van der Waals surface area (Å²) in [4.78, 5) is 11.7. The average Bonchev–Trinajstić information content (AvgIpc) is 2.51. The second-order valence-corrected chi connectivity index (χ2v) is 6.95. The van der Waals surface area contributed by atoms with E-state index >= 15 is 0 Å². The number of hydrogen-bond donors (Lipinski definition) is 1. The van der Waals surface area contributed by atoms with Crippen LogP contribution in [0.4, 0.5) is 0 Å². The SMILES string of the molecule is CCCCCCCCCCSC(CCCCN)C(=O)OC. The molecule has 0 spiro atoms. The van der Waals surface area contributed by atoms with E-state index in [4.69, 9.17) is 10.5 Å². The van der Waals surface area contributed by atoms with Gasteiger partial charge in [-0.15, -0.1) is 11.8 Å². The minimum Gasteiger partial charge on any atom is -0.468 e. The number of carbonyl (C=O) groups is 1. The maximum absolute atomic E-state index is 11.7. The zero-order valence-corrected chi connectivity index (χ0v) is 14.9. The number of methoxy groups -OCH3 is 1. The van der Waals surface area contributed by atoms with Crippen molar-refractivity contribution in [2.75, 3.05) is 19.4 Å². The van der Waals surface area contributed by atoms with E-state index < -0.39 is 0 Å². The third-order valence-electron chi connectivity index (χ3n) is 3.70. The van der Waals surface area contributed by atoms with Gasteiger partial charge < -0.3 is 10.5 Å². The normalized spacial score (nSPS) is 12.3. The molecule has 0 amide bonds. The first-order valence-electron chi connectivity index (χ1n) is 8.65. The fraction of sp³-hybridized carbons (Fsp3) is 0.941. The summed E-state index contributed by atoms with van der Waals surface area (Å²) in [6.07, 6.45) is 13.6. The van der Waals surface area contributed by atoms with Gasteiger partial charge in [-0.2, -0.15) is 0 Å². The van der Waals surface area contributed by atoms with E-state index in [1.807, 2.05) is 0 Å². The number of rotatable bonds is 15. The Morgan fingerprint density at radius 1 is 1.00 bits per heavy atom. The summed E-state index contributed by atoms with van der Waals surface area (Å²) in [5.41, 5.74) is 5.50. The number of unbranched alkanes of at least 4 members (excludes halogenated alkanes) is 8. The molecule has 0 rings (SSSR count). The summed E-state index contributed by atoms with van der Waals surface area (Å²) in [5, 5.41) is 0.00565. The van der Waals surface area contributed by atoms with Gasteiger partial charge >= 0.3 is 5.97 Å². The Hall–Kier alpha value is -0.220. The maximum atomic E-state index is 11.7. The lowest BCUT2D eigenvalue weighted by Crippen LogP contribution is -2.19. The van der Waals surface area contributed by atoms with Crippen LogP contribution in [0.1, 0.15) is 77.6 Å². The first-order valence-corrected chi connectivity index (χ1v) is 9.70. The van der Waals surface area contributed by atoms with Crippen LogP contribution in [0.2, 0.25) is 0 Å². The highest BCUT2D eigenvalue weighted by molar-refractivity contribution is 8.00. The number of hydrogen-bond acceptors (Lipinski definition) is 4. The number of esters is 1. The smallest absolute Gasteiger partial charge is 0.318 e. The highest BCUT2D eigenvalue weighted by Crippen LogP contribution is 2.21. The van der Waals surface area contributed by atoms with E-state index in [2.05, 4.69) is 6.92 Å². The molecule has 0 heterocycles. The van der Waals surface area contributed by atoms with Gasteiger partial charge in [0.2, 0.25) is 0 Å². The summed E-state index contributed by atoms with van der Waals surface area (Å²) in [6, 6.07) is 0. The molecule has 3 nitrogen and oxygen atoms in total. The molecule has 0 saturated heterocycles. The molecule has 126 valence electrons. The highest BCUT2D eigenvalue weighted by Gasteiger charge is 2.18. The number of ether oxygens (including phenoxy) is 1. The van der Waals surface area contributed by atoms with Crippen molar-refractivity contribution in [2.45, 2.75) is 82.8 Å². The van der Waals surface area contributed by atoms with E-state index in [9.17, 15) is 4.79 Å². The minimum absolute atomic E-state index is 0.00565. The lowest BCUT2D eigenvalue weighted by atomic mass is 10.1. The lowest BCUT2D eigenvalue weighted by molar-refractivity contribution is -0.140. The molecular formula is C17H35NO2S. The third kappa shape index (κ3) is 13.2. The minimum atomic E-state index is -0.0726. The summed E-state index contributed by atoms with van der Waals surface area (Å²) in [6.45, 7) is 2.96. The monoisotopic (exact) mass is 317 g/mol. The van der Waals surface area contributed by atoms with Crippen LogP contribution in [0.25, 0.3) is 0 Å². The molecule has 0 saturated carbocycles. The Labute approximate surface area is 135 Å². The van der Waals surface area contributed by atoms with Crippen molar-refractivity contribution in [1.82, 2.24) is 0 Å². The fourth-order valence-corrected chi connectivity index (χ4v) is 3.56. The summed E-state index contributed by atoms with van der Waals surface area (Å²) in [7, 11) is 1.48. The zero-order chi connectivity index (χ0) is 15.8. The highest BCUT2D eigenvalue weighted by atomic mass is 32.2. The molecule has 21 heavy (non-hydrogen) atoms. The molecular weight excluding hydrogens is 282 g/mol. The van der Waals surface area contributed by atoms with Crippen LogP contribution in [-0.2, 0) is 9.53 Å². The summed E-state index contributed by atoms with van der Waals surface area (Å²) < 4.78 is 4.89. The van der Waals surface area contributed by atoms with Gasteiger partial charge in [0.15, 0.2) is 0 Å². The van der Waals surface area contributed by atoms with Gasteiger partial charge in [0, 0.05) is 0 Å². The summed E-state index contributed by atoms with van der Waals surface area (Å²) >= 11 is 1.76. The van der Waals surface area contributed by atoms with Gasteiger partial charge in [-0.1, -0.05) is 58.3 Å². The molecule has 1 unspecified atom stereocenters. The van der Waals surface area contributed by atoms with Gasteiger partial charge in [-0.05, 0) is 31.6 Å². The molecule has 0 aromatic heterocycles. The van der Waals surface area contributed by atoms with E-state index in [-0.39, 0.29) is 11.2 Å². The largest absolute Gasteiger partial charge is 0.468 e. The Balaban J connectivity index is 3.56. The van der Waals surface area contributed by atoms with E-state index in [0.717, 1.165) is 25.0 Å². The second-order valence-electron chi connectivity index (χ2n) is 5.64. The summed E-state index contributed by atoms with van der Waals surface area (Å²) in [5.74, 6) is 0.994. The van der Waals surface area contributed by atoms with Crippen molar-refractivity contribution in [2.24, 2.45) is 5.73 Å². The number of nitrogens with two attached hydrogens (primary N) is 1. The molecule has 2 N–H and O–H groups in total. The van der Waals surface area contributed by atoms with Gasteiger partial charge in [0.05, 0.1) is 7.11 Å². The van der Waals surface area contributed by atoms with Crippen molar-refractivity contribution in [3.8, 4) is 0 Å². The molecule has 0 bridgehead atoms. The quantitative estimate of drug-likeness (QED) is 0.356. The standard InChI is InChI=1S/C17H35NO2S/c1-3-4-5-6-7-8-9-12-15-21-16(17(19)20-2)13-10-11-14-18/h16H,3-15,18H2,1-2H3. The Morgan fingerprint density at radius 3 is 2.19 bits per heavy atom. The predicted molar refractivity (Wildman–Crippen MR) is 93.8 cm³/mol. The van der Waals surface area contributed by atoms with Gasteiger partial charge in [0.25, 0.3) is 0 Å². The Morgan fingerprint density at radius 2 is 1.62 bits per heavy atom. The van der Waals surface area contributed by atoms with Crippen LogP contribution in [0.5, 0.6) is 0 Å². The van der Waals surface area contributed by atoms with Crippen molar-refractivity contribution in [3.05, 3.63) is 0 Å². The van der Waals surface area contributed by atoms with Crippen molar-refractivity contribution >= 4 is 17.7 Å². The molecule has 4 heteroatoms. The molecule has 0 radical (unpaired) electrons. The second kappa shape index (κ2) is 16.2. The number of carbonyl (C=O) groups excluding carboxylic acids is 1. The van der Waals surface area contributed by atoms with Gasteiger partial charge in [0.1, 0.15) is 5.25 Å². The fourth-order valence-electron chi connectivity index (χ4n) is 2.34. The van der Waals surface area contributed by atoms with Crippen LogP contribution < -0.4 is 5.73 Å². The van der Waals surface area contributed by atoms with E-state index in [1.54, 1.807) is 11.8 Å². The van der Waals surface area contributed by atoms with Crippen LogP contribution in [-0.4, -0.2) is 30.6 Å². The maximum Gasteiger partial charge on any atom is 0.318 e. The van der Waals surface area contributed by atoms with Gasteiger partial charge in [-0.3, -0.25) is 4.79 Å².